The van der Waals surface area contributed by atoms with Crippen LogP contribution in [0.25, 0.3) is 11.4 Å². The highest BCUT2D eigenvalue weighted by atomic mass is 16.5. The number of methoxy groups -OCH3 is 1. The van der Waals surface area contributed by atoms with Crippen molar-refractivity contribution in [3.05, 3.63) is 35.2 Å². The van der Waals surface area contributed by atoms with Crippen molar-refractivity contribution in [1.82, 2.24) is 14.8 Å². The van der Waals surface area contributed by atoms with Gasteiger partial charge in [0.15, 0.2) is 5.82 Å². The maximum absolute atomic E-state index is 5.72. The zero-order valence-electron chi connectivity index (χ0n) is 11.7. The van der Waals surface area contributed by atoms with Crippen LogP contribution in [-0.2, 0) is 17.8 Å². The summed E-state index contributed by atoms with van der Waals surface area (Å²) in [6.07, 6.45) is 0. The summed E-state index contributed by atoms with van der Waals surface area (Å²) in [5.41, 5.74) is 9.20. The van der Waals surface area contributed by atoms with E-state index in [-0.39, 0.29) is 0 Å². The minimum absolute atomic E-state index is 0.377. The molecule has 0 radical (unpaired) electrons. The van der Waals surface area contributed by atoms with Gasteiger partial charge >= 0.3 is 0 Å². The van der Waals surface area contributed by atoms with Gasteiger partial charge in [-0.25, -0.2) is 0 Å². The molecule has 0 aliphatic carbocycles. The fraction of sp³-hybridized carbons (Fsp3) is 0.429. The predicted molar refractivity (Wildman–Crippen MR) is 74.7 cm³/mol. The Morgan fingerprint density at radius 3 is 2.74 bits per heavy atom. The highest BCUT2D eigenvalue weighted by Crippen LogP contribution is 2.23. The normalized spacial score (nSPS) is 10.9. The van der Waals surface area contributed by atoms with E-state index in [0.717, 1.165) is 17.2 Å². The first-order valence-electron chi connectivity index (χ1n) is 6.36. The molecular weight excluding hydrogens is 240 g/mol. The van der Waals surface area contributed by atoms with Crippen molar-refractivity contribution in [1.29, 1.82) is 0 Å². The van der Waals surface area contributed by atoms with Crippen LogP contribution in [0.15, 0.2) is 18.2 Å². The van der Waals surface area contributed by atoms with Crippen LogP contribution in [-0.4, -0.2) is 28.5 Å². The second-order valence-electron chi connectivity index (χ2n) is 4.61. The number of nitrogens with zero attached hydrogens (tertiary/aromatic N) is 3. The van der Waals surface area contributed by atoms with Gasteiger partial charge in [0, 0.05) is 19.2 Å². The molecule has 0 saturated carbocycles. The first-order valence-corrected chi connectivity index (χ1v) is 6.36. The van der Waals surface area contributed by atoms with E-state index in [1.54, 1.807) is 7.11 Å². The Hall–Kier alpha value is -1.72. The summed E-state index contributed by atoms with van der Waals surface area (Å²) in [5, 5.41) is 8.46. The molecule has 0 aliphatic heterocycles. The van der Waals surface area contributed by atoms with E-state index in [1.165, 1.54) is 11.1 Å². The van der Waals surface area contributed by atoms with E-state index in [0.29, 0.717) is 19.7 Å². The summed E-state index contributed by atoms with van der Waals surface area (Å²) in [5.74, 6) is 1.65. The van der Waals surface area contributed by atoms with Gasteiger partial charge in [0.25, 0.3) is 0 Å². The average Bonchev–Trinajstić information content (AvgIpc) is 2.81. The molecule has 5 nitrogen and oxygen atoms in total. The van der Waals surface area contributed by atoms with Crippen LogP contribution >= 0.6 is 0 Å². The number of nitrogens with two attached hydrogens (primary N) is 1. The van der Waals surface area contributed by atoms with Gasteiger partial charge in [-0.15, -0.1) is 10.2 Å². The van der Waals surface area contributed by atoms with Crippen molar-refractivity contribution in [3.63, 3.8) is 0 Å². The van der Waals surface area contributed by atoms with Gasteiger partial charge < -0.3 is 15.0 Å². The zero-order valence-corrected chi connectivity index (χ0v) is 11.7. The third kappa shape index (κ3) is 2.83. The molecule has 1 heterocycles. The molecule has 1 aromatic heterocycles. The molecule has 0 bridgehead atoms. The molecule has 1 aromatic carbocycles. The fourth-order valence-corrected chi connectivity index (χ4v) is 2.08. The molecule has 0 amide bonds. The number of rotatable bonds is 5. The van der Waals surface area contributed by atoms with Crippen molar-refractivity contribution < 1.29 is 4.74 Å². The van der Waals surface area contributed by atoms with Crippen LogP contribution < -0.4 is 5.73 Å². The Bertz CT molecular complexity index is 563. The lowest BCUT2D eigenvalue weighted by Gasteiger charge is -2.11. The van der Waals surface area contributed by atoms with Crippen LogP contribution in [0.1, 0.15) is 17.0 Å². The number of aryl methyl sites for hydroxylation is 2. The Kier molecular flexibility index (Phi) is 4.29. The van der Waals surface area contributed by atoms with Crippen LogP contribution in [0.3, 0.4) is 0 Å². The average molecular weight is 260 g/mol. The highest BCUT2D eigenvalue weighted by molar-refractivity contribution is 5.61. The van der Waals surface area contributed by atoms with Gasteiger partial charge in [0.1, 0.15) is 5.82 Å². The van der Waals surface area contributed by atoms with Crippen molar-refractivity contribution in [2.45, 2.75) is 26.9 Å². The Morgan fingerprint density at radius 1 is 1.26 bits per heavy atom. The monoisotopic (exact) mass is 260 g/mol. The summed E-state index contributed by atoms with van der Waals surface area (Å²) in [4.78, 5) is 0. The Balaban J connectivity index is 2.49. The second-order valence-corrected chi connectivity index (χ2v) is 4.61. The summed E-state index contributed by atoms with van der Waals surface area (Å²) in [7, 11) is 1.68. The van der Waals surface area contributed by atoms with Gasteiger partial charge in [0.2, 0.25) is 0 Å². The molecule has 0 fully saturated rings. The first-order chi connectivity index (χ1) is 9.17. The highest BCUT2D eigenvalue weighted by Gasteiger charge is 2.14. The maximum atomic E-state index is 5.72. The third-order valence-corrected chi connectivity index (χ3v) is 3.16. The second kappa shape index (κ2) is 5.95. The van der Waals surface area contributed by atoms with Gasteiger partial charge in [-0.1, -0.05) is 17.7 Å². The topological polar surface area (TPSA) is 66.0 Å². The molecule has 102 valence electrons. The Morgan fingerprint density at radius 2 is 2.05 bits per heavy atom. The third-order valence-electron chi connectivity index (χ3n) is 3.16. The summed E-state index contributed by atoms with van der Waals surface area (Å²) >= 11 is 0. The summed E-state index contributed by atoms with van der Waals surface area (Å²) < 4.78 is 7.18. The summed E-state index contributed by atoms with van der Waals surface area (Å²) in [6.45, 7) is 5.85. The lowest BCUT2D eigenvalue weighted by molar-refractivity contribution is 0.186. The molecule has 2 aromatic rings. The maximum Gasteiger partial charge on any atom is 0.164 e. The van der Waals surface area contributed by atoms with E-state index >= 15 is 0 Å². The van der Waals surface area contributed by atoms with Crippen molar-refractivity contribution in [3.8, 4) is 11.4 Å². The number of benzene rings is 1. The zero-order chi connectivity index (χ0) is 13.8. The van der Waals surface area contributed by atoms with E-state index in [4.69, 9.17) is 10.5 Å². The van der Waals surface area contributed by atoms with Crippen LogP contribution in [0.2, 0.25) is 0 Å². The van der Waals surface area contributed by atoms with Crippen LogP contribution in [0.5, 0.6) is 0 Å². The molecule has 19 heavy (non-hydrogen) atoms. The summed E-state index contributed by atoms with van der Waals surface area (Å²) in [6, 6.07) is 6.32. The molecular formula is C14H20N4O. The molecule has 0 aliphatic rings. The van der Waals surface area contributed by atoms with Crippen LogP contribution in [0, 0.1) is 13.8 Å². The number of aromatic nitrogens is 3. The van der Waals surface area contributed by atoms with Crippen LogP contribution in [0.4, 0.5) is 0 Å². The van der Waals surface area contributed by atoms with E-state index in [2.05, 4.69) is 42.2 Å². The minimum atomic E-state index is 0.377. The number of ether oxygens (including phenoxy) is 1. The van der Waals surface area contributed by atoms with Crippen molar-refractivity contribution in [2.24, 2.45) is 5.73 Å². The fourth-order valence-electron chi connectivity index (χ4n) is 2.08. The van der Waals surface area contributed by atoms with Gasteiger partial charge in [-0.3, -0.25) is 0 Å². The molecule has 0 unspecified atom stereocenters. The molecule has 0 spiro atoms. The quantitative estimate of drug-likeness (QED) is 0.888. The minimum Gasteiger partial charge on any atom is -0.383 e. The van der Waals surface area contributed by atoms with E-state index in [1.807, 2.05) is 4.57 Å². The lowest BCUT2D eigenvalue weighted by atomic mass is 10.1. The molecule has 0 saturated heterocycles. The number of hydrogen-bond donors (Lipinski definition) is 1. The lowest BCUT2D eigenvalue weighted by Crippen LogP contribution is -2.13. The number of hydrogen-bond acceptors (Lipinski definition) is 4. The molecule has 5 heteroatoms. The van der Waals surface area contributed by atoms with E-state index in [9.17, 15) is 0 Å². The molecule has 2 rings (SSSR count). The SMILES string of the molecule is COCCn1c(CN)nnc1-c1cc(C)ccc1C. The largest absolute Gasteiger partial charge is 0.383 e. The van der Waals surface area contributed by atoms with Gasteiger partial charge in [0.05, 0.1) is 13.2 Å². The molecule has 2 N–H and O–H groups in total. The van der Waals surface area contributed by atoms with E-state index < -0.39 is 0 Å². The molecule has 0 atom stereocenters. The predicted octanol–water partition coefficient (Wildman–Crippen LogP) is 1.67. The van der Waals surface area contributed by atoms with Crippen molar-refractivity contribution >= 4 is 0 Å². The Labute approximate surface area is 113 Å². The van der Waals surface area contributed by atoms with Gasteiger partial charge in [-0.05, 0) is 25.5 Å². The first kappa shape index (κ1) is 13.7. The van der Waals surface area contributed by atoms with Crippen molar-refractivity contribution in [2.75, 3.05) is 13.7 Å². The standard InChI is InChI=1S/C14H20N4O/c1-10-4-5-11(2)12(8-10)14-17-16-13(9-15)18(14)6-7-19-3/h4-5,8H,6-7,9,15H2,1-3H3. The smallest absolute Gasteiger partial charge is 0.164 e. The van der Waals surface area contributed by atoms with Gasteiger partial charge in [-0.2, -0.15) is 0 Å².